The molecule has 0 aliphatic carbocycles. The number of ether oxygens (including phenoxy) is 2. The second-order valence-electron chi connectivity index (χ2n) is 7.31. The average molecular weight is 454 g/mol. The lowest BCUT2D eigenvalue weighted by Gasteiger charge is -2.23. The summed E-state index contributed by atoms with van der Waals surface area (Å²) < 4.78 is 27.3. The number of carbonyl (C=O) groups excluding carboxylic acids is 1. The molecule has 4 rings (SSSR count). The van der Waals surface area contributed by atoms with Crippen LogP contribution in [0.4, 0.5) is 10.1 Å². The second-order valence-corrected chi connectivity index (χ2v) is 7.72. The first-order chi connectivity index (χ1) is 15.5. The van der Waals surface area contributed by atoms with Crippen LogP contribution in [0, 0.1) is 24.6 Å². The van der Waals surface area contributed by atoms with Crippen LogP contribution in [0.15, 0.2) is 48.7 Å². The second kappa shape index (κ2) is 9.96. The van der Waals surface area contributed by atoms with Gasteiger partial charge in [-0.05, 0) is 36.8 Å². The number of hydrogen-bond acceptors (Lipinski definition) is 4. The Morgan fingerprint density at radius 2 is 2.03 bits per heavy atom. The summed E-state index contributed by atoms with van der Waals surface area (Å²) in [6, 6.07) is 12.5. The van der Waals surface area contributed by atoms with E-state index in [2.05, 4.69) is 22.3 Å². The van der Waals surface area contributed by atoms with Crippen LogP contribution in [0.2, 0.25) is 5.02 Å². The minimum Gasteiger partial charge on any atom is -0.376 e. The number of benzene rings is 2. The molecule has 1 atom stereocenters. The van der Waals surface area contributed by atoms with Crippen LogP contribution < -0.4 is 5.32 Å². The molecule has 1 aliphatic heterocycles. The number of carbonyl (C=O) groups is 1. The van der Waals surface area contributed by atoms with Gasteiger partial charge in [-0.15, -0.1) is 0 Å². The molecule has 2 heterocycles. The predicted octanol–water partition coefficient (Wildman–Crippen LogP) is 4.05. The Balaban J connectivity index is 1.53. The van der Waals surface area contributed by atoms with E-state index in [0.29, 0.717) is 37.5 Å². The molecule has 0 radical (unpaired) electrons. The average Bonchev–Trinajstić information content (AvgIpc) is 3.16. The molecule has 164 valence electrons. The molecule has 1 aromatic heterocycles. The van der Waals surface area contributed by atoms with Crippen LogP contribution in [-0.4, -0.2) is 41.6 Å². The zero-order chi connectivity index (χ0) is 22.5. The van der Waals surface area contributed by atoms with Crippen molar-refractivity contribution >= 4 is 23.2 Å². The number of amides is 1. The number of aromatic nitrogens is 2. The Hall–Kier alpha value is -3.18. The third-order valence-corrected chi connectivity index (χ3v) is 5.20. The molecule has 1 aliphatic rings. The van der Waals surface area contributed by atoms with Gasteiger partial charge in [-0.2, -0.15) is 5.10 Å². The first-order valence-electron chi connectivity index (χ1n) is 10.1. The summed E-state index contributed by atoms with van der Waals surface area (Å²) in [7, 11) is 0. The third-order valence-electron chi connectivity index (χ3n) is 4.92. The van der Waals surface area contributed by atoms with Crippen LogP contribution in [0.1, 0.15) is 27.2 Å². The molecule has 3 aromatic rings. The zero-order valence-corrected chi connectivity index (χ0v) is 18.2. The van der Waals surface area contributed by atoms with Crippen molar-refractivity contribution in [2.24, 2.45) is 0 Å². The van der Waals surface area contributed by atoms with Gasteiger partial charge in [0.1, 0.15) is 17.6 Å². The molecule has 2 aromatic carbocycles. The van der Waals surface area contributed by atoms with E-state index >= 15 is 0 Å². The highest BCUT2D eigenvalue weighted by atomic mass is 35.5. The number of hydrogen-bond donors (Lipinski definition) is 1. The number of nitrogens with one attached hydrogen (secondary N) is 1. The minimum atomic E-state index is -0.582. The molecule has 32 heavy (non-hydrogen) atoms. The van der Waals surface area contributed by atoms with Gasteiger partial charge in [0.25, 0.3) is 5.91 Å². The van der Waals surface area contributed by atoms with Crippen molar-refractivity contribution in [2.45, 2.75) is 19.6 Å². The molecule has 0 bridgehead atoms. The van der Waals surface area contributed by atoms with E-state index < -0.39 is 11.7 Å². The summed E-state index contributed by atoms with van der Waals surface area (Å²) >= 11 is 6.20. The molecule has 6 nitrogen and oxygen atoms in total. The van der Waals surface area contributed by atoms with E-state index in [1.54, 1.807) is 13.0 Å². The lowest BCUT2D eigenvalue weighted by Crippen LogP contribution is -2.34. The molecule has 0 unspecified atom stereocenters. The number of anilines is 1. The van der Waals surface area contributed by atoms with E-state index in [4.69, 9.17) is 21.1 Å². The lowest BCUT2D eigenvalue weighted by atomic mass is 10.1. The maximum atomic E-state index is 14.8. The molecular weight excluding hydrogens is 433 g/mol. The first-order valence-corrected chi connectivity index (χ1v) is 10.5. The highest BCUT2D eigenvalue weighted by Crippen LogP contribution is 2.24. The molecule has 1 N–H and O–H groups in total. The zero-order valence-electron chi connectivity index (χ0n) is 17.4. The molecule has 1 fully saturated rings. The van der Waals surface area contributed by atoms with Crippen molar-refractivity contribution in [1.29, 1.82) is 0 Å². The molecule has 0 saturated carbocycles. The Morgan fingerprint density at radius 1 is 1.25 bits per heavy atom. The summed E-state index contributed by atoms with van der Waals surface area (Å²) in [6.07, 6.45) is 1.14. The fourth-order valence-corrected chi connectivity index (χ4v) is 3.60. The summed E-state index contributed by atoms with van der Waals surface area (Å²) in [6.45, 7) is 3.42. The first kappa shape index (κ1) is 22.0. The van der Waals surface area contributed by atoms with Gasteiger partial charge in [-0.25, -0.2) is 4.39 Å². The Kier molecular flexibility index (Phi) is 6.86. The summed E-state index contributed by atoms with van der Waals surface area (Å²) in [5, 5.41) is 6.95. The minimum absolute atomic E-state index is 0.0707. The number of rotatable bonds is 4. The van der Waals surface area contributed by atoms with Crippen LogP contribution >= 0.6 is 11.6 Å². The topological polar surface area (TPSA) is 65.4 Å². The Bertz CT molecular complexity index is 1160. The van der Waals surface area contributed by atoms with Gasteiger partial charge in [-0.1, -0.05) is 41.6 Å². The van der Waals surface area contributed by atoms with Gasteiger partial charge in [0.15, 0.2) is 0 Å². The SMILES string of the molecule is Cc1cc(C#Cc2ccccc2)cc(F)c1NC(=O)c1c(Cl)cnn1C[C@H]1COCCO1. The van der Waals surface area contributed by atoms with Crippen LogP contribution in [0.3, 0.4) is 0 Å². The third kappa shape index (κ3) is 5.17. The van der Waals surface area contributed by atoms with Gasteiger partial charge in [0.05, 0.1) is 43.3 Å². The molecule has 1 saturated heterocycles. The smallest absolute Gasteiger partial charge is 0.275 e. The normalized spacial score (nSPS) is 15.7. The number of nitrogens with zero attached hydrogens (tertiary/aromatic N) is 2. The number of halogens is 2. The van der Waals surface area contributed by atoms with E-state index in [0.717, 1.165) is 5.56 Å². The quantitative estimate of drug-likeness (QED) is 0.605. The monoisotopic (exact) mass is 453 g/mol. The fourth-order valence-electron chi connectivity index (χ4n) is 3.37. The maximum absolute atomic E-state index is 14.8. The Morgan fingerprint density at radius 3 is 2.75 bits per heavy atom. The fraction of sp³-hybridized carbons (Fsp3) is 0.250. The van der Waals surface area contributed by atoms with Crippen molar-refractivity contribution < 1.29 is 18.7 Å². The van der Waals surface area contributed by atoms with Crippen molar-refractivity contribution in [3.8, 4) is 11.8 Å². The highest BCUT2D eigenvalue weighted by Gasteiger charge is 2.23. The van der Waals surface area contributed by atoms with Crippen molar-refractivity contribution in [2.75, 3.05) is 25.1 Å². The Labute approximate surface area is 190 Å². The largest absolute Gasteiger partial charge is 0.376 e. The van der Waals surface area contributed by atoms with Crippen molar-refractivity contribution in [3.63, 3.8) is 0 Å². The van der Waals surface area contributed by atoms with Crippen LogP contribution in [0.25, 0.3) is 0 Å². The lowest BCUT2D eigenvalue weighted by molar-refractivity contribution is -0.0947. The van der Waals surface area contributed by atoms with Crippen molar-refractivity contribution in [1.82, 2.24) is 9.78 Å². The summed E-state index contributed by atoms with van der Waals surface area (Å²) in [5.74, 6) is 4.80. The van der Waals surface area contributed by atoms with Gasteiger partial charge >= 0.3 is 0 Å². The van der Waals surface area contributed by atoms with Crippen LogP contribution in [-0.2, 0) is 16.0 Å². The van der Waals surface area contributed by atoms with E-state index in [1.165, 1.54) is 16.9 Å². The van der Waals surface area contributed by atoms with Gasteiger partial charge in [0.2, 0.25) is 0 Å². The van der Waals surface area contributed by atoms with Gasteiger partial charge in [0, 0.05) is 11.1 Å². The standard InChI is InChI=1S/C24H21ClFN3O3/c1-16-11-18(8-7-17-5-3-2-4-6-17)12-21(26)22(16)28-24(30)23-20(25)13-27-29(23)14-19-15-31-9-10-32-19/h2-6,11-13,19H,9-10,14-15H2,1H3,(H,28,30)/t19-/m0/s1. The maximum Gasteiger partial charge on any atom is 0.275 e. The highest BCUT2D eigenvalue weighted by molar-refractivity contribution is 6.34. The van der Waals surface area contributed by atoms with E-state index in [9.17, 15) is 9.18 Å². The summed E-state index contributed by atoms with van der Waals surface area (Å²) in [5.41, 5.74) is 2.09. The molecule has 8 heteroatoms. The van der Waals surface area contributed by atoms with E-state index in [1.807, 2.05) is 30.3 Å². The van der Waals surface area contributed by atoms with Crippen molar-refractivity contribution in [3.05, 3.63) is 81.9 Å². The summed E-state index contributed by atoms with van der Waals surface area (Å²) in [4.78, 5) is 12.9. The molecule has 0 spiro atoms. The molecular formula is C24H21ClFN3O3. The molecule has 1 amide bonds. The predicted molar refractivity (Wildman–Crippen MR) is 119 cm³/mol. The van der Waals surface area contributed by atoms with Gasteiger partial charge < -0.3 is 14.8 Å². The number of aryl methyl sites for hydroxylation is 1. The van der Waals surface area contributed by atoms with Crippen LogP contribution in [0.5, 0.6) is 0 Å². The van der Waals surface area contributed by atoms with Gasteiger partial charge in [-0.3, -0.25) is 9.48 Å². The van der Waals surface area contributed by atoms with E-state index in [-0.39, 0.29) is 22.5 Å².